The van der Waals surface area contributed by atoms with E-state index in [1.165, 1.54) is 52.1 Å². The van der Waals surface area contributed by atoms with Gasteiger partial charge in [-0.05, 0) is 58.2 Å². The summed E-state index contributed by atoms with van der Waals surface area (Å²) >= 11 is 0. The topological polar surface area (TPSA) is 18.5 Å². The molecule has 1 unspecified atom stereocenters. The first-order valence-corrected chi connectivity index (χ1v) is 7.96. The van der Waals surface area contributed by atoms with Crippen LogP contribution in [-0.4, -0.2) is 61.7 Å². The number of piperazine rings is 1. The van der Waals surface area contributed by atoms with Gasteiger partial charge in [-0.3, -0.25) is 9.80 Å². The molecular weight excluding hydrogens is 234 g/mol. The fraction of sp³-hybridized carbons (Fsp3) is 1.00. The van der Waals surface area contributed by atoms with Gasteiger partial charge in [-0.15, -0.1) is 0 Å². The van der Waals surface area contributed by atoms with Crippen LogP contribution in [0.4, 0.5) is 0 Å². The van der Waals surface area contributed by atoms with Crippen LogP contribution in [0.3, 0.4) is 0 Å². The average molecular weight is 267 g/mol. The summed E-state index contributed by atoms with van der Waals surface area (Å²) in [6, 6.07) is 0. The fourth-order valence-electron chi connectivity index (χ4n) is 3.70. The number of hydrogen-bond acceptors (Lipinski definition) is 3. The molecule has 0 aromatic rings. The van der Waals surface area contributed by atoms with Crippen LogP contribution in [0.1, 0.15) is 40.5 Å². The normalized spacial score (nSPS) is 30.5. The van der Waals surface area contributed by atoms with E-state index in [2.05, 4.69) is 49.9 Å². The van der Waals surface area contributed by atoms with Gasteiger partial charge in [0.25, 0.3) is 0 Å². The van der Waals surface area contributed by atoms with Crippen molar-refractivity contribution in [1.29, 1.82) is 0 Å². The highest BCUT2D eigenvalue weighted by molar-refractivity contribution is 4.92. The van der Waals surface area contributed by atoms with Crippen LogP contribution in [0.5, 0.6) is 0 Å². The zero-order valence-corrected chi connectivity index (χ0v) is 13.6. The highest BCUT2D eigenvalue weighted by atomic mass is 15.3. The van der Waals surface area contributed by atoms with Crippen molar-refractivity contribution in [2.75, 3.05) is 46.3 Å². The minimum Gasteiger partial charge on any atom is -0.316 e. The first-order valence-electron chi connectivity index (χ1n) is 7.96. The second-order valence-corrected chi connectivity index (χ2v) is 7.98. The standard InChI is InChI=1S/C16H33N3/c1-15(2,14-7-6-8-17-11-14)12-19-10-9-18(5)16(3,4)13-19/h14,17H,6-13H2,1-5H3. The molecule has 1 atom stereocenters. The van der Waals surface area contributed by atoms with Crippen LogP contribution in [0, 0.1) is 11.3 Å². The Hall–Kier alpha value is -0.120. The molecule has 3 heteroatoms. The van der Waals surface area contributed by atoms with Crippen LogP contribution in [0.25, 0.3) is 0 Å². The summed E-state index contributed by atoms with van der Waals surface area (Å²) < 4.78 is 0. The van der Waals surface area contributed by atoms with Crippen molar-refractivity contribution in [2.45, 2.75) is 46.1 Å². The minimum atomic E-state index is 0.319. The van der Waals surface area contributed by atoms with Crippen molar-refractivity contribution >= 4 is 0 Å². The molecule has 112 valence electrons. The average Bonchev–Trinajstić information content (AvgIpc) is 2.34. The van der Waals surface area contributed by atoms with Gasteiger partial charge < -0.3 is 5.32 Å². The molecule has 0 aromatic carbocycles. The molecule has 2 fully saturated rings. The SMILES string of the molecule is CN1CCN(CC(C)(C)C2CCCNC2)CC1(C)C. The van der Waals surface area contributed by atoms with Gasteiger partial charge in [0.2, 0.25) is 0 Å². The minimum absolute atomic E-state index is 0.319. The molecule has 2 rings (SSSR count). The molecule has 2 saturated heterocycles. The van der Waals surface area contributed by atoms with Crippen LogP contribution >= 0.6 is 0 Å². The number of likely N-dealkylation sites (N-methyl/N-ethyl adjacent to an activating group) is 1. The molecule has 0 amide bonds. The van der Waals surface area contributed by atoms with E-state index in [9.17, 15) is 0 Å². The third kappa shape index (κ3) is 3.71. The lowest BCUT2D eigenvalue weighted by Crippen LogP contribution is -2.59. The molecule has 0 aromatic heterocycles. The summed E-state index contributed by atoms with van der Waals surface area (Å²) in [6.45, 7) is 17.0. The molecule has 3 nitrogen and oxygen atoms in total. The summed E-state index contributed by atoms with van der Waals surface area (Å²) in [5, 5.41) is 3.57. The molecule has 0 aliphatic carbocycles. The second-order valence-electron chi connectivity index (χ2n) is 7.98. The van der Waals surface area contributed by atoms with Gasteiger partial charge in [0, 0.05) is 31.7 Å². The Morgan fingerprint density at radius 2 is 2.00 bits per heavy atom. The molecule has 0 bridgehead atoms. The van der Waals surface area contributed by atoms with E-state index < -0.39 is 0 Å². The van der Waals surface area contributed by atoms with Gasteiger partial charge in [0.15, 0.2) is 0 Å². The summed E-state index contributed by atoms with van der Waals surface area (Å²) in [6.07, 6.45) is 2.75. The van der Waals surface area contributed by atoms with Gasteiger partial charge in [0.05, 0.1) is 0 Å². The second kappa shape index (κ2) is 5.71. The predicted molar refractivity (Wildman–Crippen MR) is 82.5 cm³/mol. The molecular formula is C16H33N3. The van der Waals surface area contributed by atoms with Crippen LogP contribution < -0.4 is 5.32 Å². The van der Waals surface area contributed by atoms with Crippen LogP contribution in [-0.2, 0) is 0 Å². The zero-order valence-electron chi connectivity index (χ0n) is 13.6. The van der Waals surface area contributed by atoms with E-state index in [1.807, 2.05) is 0 Å². The number of piperidine rings is 1. The van der Waals surface area contributed by atoms with Crippen molar-refractivity contribution in [2.24, 2.45) is 11.3 Å². The lowest BCUT2D eigenvalue weighted by atomic mass is 9.74. The molecule has 2 heterocycles. The predicted octanol–water partition coefficient (Wildman–Crippen LogP) is 2.04. The first kappa shape index (κ1) is 15.3. The third-order valence-corrected chi connectivity index (χ3v) is 5.43. The van der Waals surface area contributed by atoms with E-state index >= 15 is 0 Å². The maximum absolute atomic E-state index is 3.57. The lowest BCUT2D eigenvalue weighted by molar-refractivity contribution is 0.00711. The van der Waals surface area contributed by atoms with Crippen molar-refractivity contribution in [3.8, 4) is 0 Å². The van der Waals surface area contributed by atoms with Crippen molar-refractivity contribution in [3.05, 3.63) is 0 Å². The van der Waals surface area contributed by atoms with E-state index in [0.717, 1.165) is 5.92 Å². The third-order valence-electron chi connectivity index (χ3n) is 5.43. The Kier molecular flexibility index (Phi) is 4.59. The highest BCUT2D eigenvalue weighted by Crippen LogP contribution is 2.33. The lowest BCUT2D eigenvalue weighted by Gasteiger charge is -2.49. The van der Waals surface area contributed by atoms with Crippen molar-refractivity contribution in [1.82, 2.24) is 15.1 Å². The Morgan fingerprint density at radius 1 is 1.26 bits per heavy atom. The van der Waals surface area contributed by atoms with Crippen LogP contribution in [0.15, 0.2) is 0 Å². The summed E-state index contributed by atoms with van der Waals surface area (Å²) in [7, 11) is 2.26. The van der Waals surface area contributed by atoms with Crippen molar-refractivity contribution in [3.63, 3.8) is 0 Å². The molecule has 0 radical (unpaired) electrons. The maximum atomic E-state index is 3.57. The van der Waals surface area contributed by atoms with Gasteiger partial charge in [-0.25, -0.2) is 0 Å². The van der Waals surface area contributed by atoms with Crippen molar-refractivity contribution < 1.29 is 0 Å². The Labute approximate surface area is 119 Å². The molecule has 0 spiro atoms. The van der Waals surface area contributed by atoms with Gasteiger partial charge in [-0.2, -0.15) is 0 Å². The Morgan fingerprint density at radius 3 is 2.58 bits per heavy atom. The smallest absolute Gasteiger partial charge is 0.0277 e. The number of nitrogens with one attached hydrogen (secondary N) is 1. The fourth-order valence-corrected chi connectivity index (χ4v) is 3.70. The summed E-state index contributed by atoms with van der Waals surface area (Å²) in [5.41, 5.74) is 0.749. The number of rotatable bonds is 3. The molecule has 1 N–H and O–H groups in total. The first-order chi connectivity index (χ1) is 8.81. The maximum Gasteiger partial charge on any atom is 0.0277 e. The van der Waals surface area contributed by atoms with Crippen LogP contribution in [0.2, 0.25) is 0 Å². The van der Waals surface area contributed by atoms with Gasteiger partial charge >= 0.3 is 0 Å². The van der Waals surface area contributed by atoms with E-state index in [0.29, 0.717) is 11.0 Å². The molecule has 2 aliphatic rings. The monoisotopic (exact) mass is 267 g/mol. The summed E-state index contributed by atoms with van der Waals surface area (Å²) in [4.78, 5) is 5.19. The Bertz CT molecular complexity index is 292. The summed E-state index contributed by atoms with van der Waals surface area (Å²) in [5.74, 6) is 0.837. The molecule has 19 heavy (non-hydrogen) atoms. The van der Waals surface area contributed by atoms with E-state index in [-0.39, 0.29) is 0 Å². The molecule has 2 aliphatic heterocycles. The zero-order chi connectivity index (χ0) is 14.1. The van der Waals surface area contributed by atoms with E-state index in [1.54, 1.807) is 0 Å². The number of hydrogen-bond donors (Lipinski definition) is 1. The highest BCUT2D eigenvalue weighted by Gasteiger charge is 2.36. The largest absolute Gasteiger partial charge is 0.316 e. The van der Waals surface area contributed by atoms with Gasteiger partial charge in [-0.1, -0.05) is 13.8 Å². The van der Waals surface area contributed by atoms with E-state index in [4.69, 9.17) is 0 Å². The molecule has 0 saturated carbocycles. The van der Waals surface area contributed by atoms with Gasteiger partial charge in [0.1, 0.15) is 0 Å². The quantitative estimate of drug-likeness (QED) is 0.844. The Balaban J connectivity index is 1.92. The number of nitrogens with zero attached hydrogens (tertiary/aromatic N) is 2.